The summed E-state index contributed by atoms with van der Waals surface area (Å²) in [6.45, 7) is 0.613. The van der Waals surface area contributed by atoms with Crippen LogP contribution in [-0.4, -0.2) is 44.6 Å². The molecule has 0 bridgehead atoms. The molecule has 0 saturated carbocycles. The van der Waals surface area contributed by atoms with Crippen molar-refractivity contribution in [3.05, 3.63) is 29.3 Å². The van der Waals surface area contributed by atoms with Crippen LogP contribution < -0.4 is 10.2 Å². The number of nitrogens with one attached hydrogen (secondary N) is 1. The zero-order valence-electron chi connectivity index (χ0n) is 13.3. The van der Waals surface area contributed by atoms with Crippen molar-refractivity contribution < 1.29 is 40.3 Å². The second kappa shape index (κ2) is 7.68. The van der Waals surface area contributed by atoms with Crippen LogP contribution >= 0.6 is 0 Å². The summed E-state index contributed by atoms with van der Waals surface area (Å²) in [6, 6.07) is 3.26. The van der Waals surface area contributed by atoms with Crippen molar-refractivity contribution in [2.45, 2.75) is 25.1 Å². The summed E-state index contributed by atoms with van der Waals surface area (Å²) in [6.07, 6.45) is -14.0. The molecule has 1 saturated heterocycles. The van der Waals surface area contributed by atoms with E-state index in [1.807, 2.05) is 0 Å². The monoisotopic (exact) mass is 388 g/mol. The molecule has 146 valence electrons. The predicted molar refractivity (Wildman–Crippen MR) is 77.3 cm³/mol. The molecule has 1 aromatic carbocycles. The molecule has 1 N–H and O–H groups in total. The number of halogens is 7. The molecular formula is C15H15F7N2O2. The van der Waals surface area contributed by atoms with Gasteiger partial charge in [-0.25, -0.2) is 4.39 Å². The van der Waals surface area contributed by atoms with E-state index in [1.54, 1.807) is 10.2 Å². The Morgan fingerprint density at radius 3 is 2.31 bits per heavy atom. The van der Waals surface area contributed by atoms with Crippen molar-refractivity contribution in [1.29, 1.82) is 0 Å². The minimum Gasteiger partial charge on any atom is -0.378 e. The van der Waals surface area contributed by atoms with Crippen LogP contribution in [0.5, 0.6) is 0 Å². The fourth-order valence-corrected chi connectivity index (χ4v) is 2.42. The number of benzene rings is 1. The Hall–Kier alpha value is -2.04. The third-order valence-corrected chi connectivity index (χ3v) is 3.75. The fourth-order valence-electron chi connectivity index (χ4n) is 2.42. The van der Waals surface area contributed by atoms with Gasteiger partial charge in [-0.2, -0.15) is 26.3 Å². The first-order chi connectivity index (χ1) is 12.0. The molecule has 1 fully saturated rings. The van der Waals surface area contributed by atoms with Crippen molar-refractivity contribution in [2.75, 3.05) is 31.2 Å². The Balaban J connectivity index is 2.18. The topological polar surface area (TPSA) is 41.6 Å². The lowest BCUT2D eigenvalue weighted by Crippen LogP contribution is -2.41. The molecule has 1 aliphatic heterocycles. The molecular weight excluding hydrogens is 373 g/mol. The molecule has 0 aromatic heterocycles. The number of hydrogen-bond donors (Lipinski definition) is 1. The number of carbonyl (C=O) groups excluding carboxylic acids is 1. The Kier molecular flexibility index (Phi) is 5.99. The maximum Gasteiger partial charge on any atom is 0.428 e. The maximum absolute atomic E-state index is 13.3. The molecule has 1 aliphatic rings. The highest BCUT2D eigenvalue weighted by Gasteiger charge is 2.45. The van der Waals surface area contributed by atoms with Crippen LogP contribution in [0.25, 0.3) is 0 Å². The molecule has 2 rings (SSSR count). The lowest BCUT2D eigenvalue weighted by Gasteiger charge is -2.29. The molecule has 26 heavy (non-hydrogen) atoms. The van der Waals surface area contributed by atoms with E-state index in [0.29, 0.717) is 26.3 Å². The van der Waals surface area contributed by atoms with Crippen LogP contribution in [0.15, 0.2) is 18.2 Å². The summed E-state index contributed by atoms with van der Waals surface area (Å²) >= 11 is 0. The number of carbonyl (C=O) groups is 1. The highest BCUT2D eigenvalue weighted by Crippen LogP contribution is 2.35. The largest absolute Gasteiger partial charge is 0.428 e. The van der Waals surface area contributed by atoms with Crippen molar-refractivity contribution in [2.24, 2.45) is 0 Å². The zero-order valence-corrected chi connectivity index (χ0v) is 13.3. The number of alkyl halides is 7. The van der Waals surface area contributed by atoms with E-state index in [9.17, 15) is 35.5 Å². The fraction of sp³-hybridized carbons (Fsp3) is 0.533. The Morgan fingerprint density at radius 2 is 1.77 bits per heavy atom. The summed E-state index contributed by atoms with van der Waals surface area (Å²) in [5, 5.41) is 1.55. The third kappa shape index (κ3) is 4.99. The Labute approximate surface area is 143 Å². The van der Waals surface area contributed by atoms with Crippen LogP contribution in [-0.2, 0) is 22.3 Å². The van der Waals surface area contributed by atoms with Crippen LogP contribution in [0, 0.1) is 0 Å². The SMILES string of the molecule is O=C(NCc1ccc(N2CCOCC2)cc1C(F)(F)F)C(F)C(F)(F)F. The van der Waals surface area contributed by atoms with Crippen molar-refractivity contribution in [3.8, 4) is 0 Å². The van der Waals surface area contributed by atoms with Gasteiger partial charge in [-0.1, -0.05) is 6.07 Å². The van der Waals surface area contributed by atoms with Gasteiger partial charge < -0.3 is 15.0 Å². The zero-order chi connectivity index (χ0) is 19.5. The van der Waals surface area contributed by atoms with Gasteiger partial charge >= 0.3 is 12.4 Å². The highest BCUT2D eigenvalue weighted by molar-refractivity contribution is 5.81. The molecule has 1 aromatic rings. The van der Waals surface area contributed by atoms with E-state index in [4.69, 9.17) is 4.74 Å². The predicted octanol–water partition coefficient (Wildman–Crippen LogP) is 3.06. The van der Waals surface area contributed by atoms with Crippen LogP contribution in [0.4, 0.5) is 36.4 Å². The summed E-state index contributed by atoms with van der Waals surface area (Å²) < 4.78 is 94.1. The molecule has 1 heterocycles. The van der Waals surface area contributed by atoms with Crippen molar-refractivity contribution in [3.63, 3.8) is 0 Å². The summed E-state index contributed by atoms with van der Waals surface area (Å²) in [7, 11) is 0. The smallest absolute Gasteiger partial charge is 0.378 e. The van der Waals surface area contributed by atoms with Crippen molar-refractivity contribution in [1.82, 2.24) is 5.32 Å². The van der Waals surface area contributed by atoms with Crippen LogP contribution in [0.2, 0.25) is 0 Å². The molecule has 0 aliphatic carbocycles. The van der Waals surface area contributed by atoms with Gasteiger partial charge in [0.15, 0.2) is 0 Å². The minimum atomic E-state index is -5.42. The molecule has 0 radical (unpaired) electrons. The van der Waals surface area contributed by atoms with E-state index in [-0.39, 0.29) is 5.69 Å². The van der Waals surface area contributed by atoms with E-state index >= 15 is 0 Å². The molecule has 4 nitrogen and oxygen atoms in total. The van der Waals surface area contributed by atoms with Crippen LogP contribution in [0.1, 0.15) is 11.1 Å². The number of hydrogen-bond acceptors (Lipinski definition) is 3. The highest BCUT2D eigenvalue weighted by atomic mass is 19.4. The number of ether oxygens (including phenoxy) is 1. The van der Waals surface area contributed by atoms with Crippen LogP contribution in [0.3, 0.4) is 0 Å². The normalized spacial score (nSPS) is 17.1. The molecule has 0 spiro atoms. The van der Waals surface area contributed by atoms with E-state index < -0.39 is 42.1 Å². The van der Waals surface area contributed by atoms with Gasteiger partial charge in [0, 0.05) is 25.3 Å². The third-order valence-electron chi connectivity index (χ3n) is 3.75. The summed E-state index contributed by atoms with van der Waals surface area (Å²) in [5.74, 6) is -2.04. The first kappa shape index (κ1) is 20.3. The number of morpholine rings is 1. The molecule has 1 unspecified atom stereocenters. The van der Waals surface area contributed by atoms with Gasteiger partial charge in [0.2, 0.25) is 0 Å². The summed E-state index contributed by atoms with van der Waals surface area (Å²) in [4.78, 5) is 12.8. The van der Waals surface area contributed by atoms with E-state index in [0.717, 1.165) is 12.1 Å². The van der Waals surface area contributed by atoms with Gasteiger partial charge in [0.05, 0.1) is 18.8 Å². The Morgan fingerprint density at radius 1 is 1.15 bits per heavy atom. The van der Waals surface area contributed by atoms with Gasteiger partial charge in [0.1, 0.15) is 0 Å². The summed E-state index contributed by atoms with van der Waals surface area (Å²) in [5.41, 5.74) is -1.30. The first-order valence-electron chi connectivity index (χ1n) is 7.51. The average molecular weight is 388 g/mol. The van der Waals surface area contributed by atoms with Gasteiger partial charge in [0.25, 0.3) is 12.1 Å². The van der Waals surface area contributed by atoms with Gasteiger partial charge in [-0.3, -0.25) is 4.79 Å². The van der Waals surface area contributed by atoms with E-state index in [2.05, 4.69) is 0 Å². The quantitative estimate of drug-likeness (QED) is 0.807. The molecule has 11 heteroatoms. The second-order valence-electron chi connectivity index (χ2n) is 5.56. The lowest BCUT2D eigenvalue weighted by atomic mass is 10.0. The number of amides is 1. The number of nitrogens with zero attached hydrogens (tertiary/aromatic N) is 1. The second-order valence-corrected chi connectivity index (χ2v) is 5.56. The standard InChI is InChI=1S/C15H15F7N2O2/c16-12(15(20,21)22)13(25)23-8-9-1-2-10(7-11(9)14(17,18)19)24-3-5-26-6-4-24/h1-2,7,12H,3-6,8H2,(H,23,25). The number of rotatable bonds is 4. The maximum atomic E-state index is 13.3. The first-order valence-corrected chi connectivity index (χ1v) is 7.51. The molecule has 1 atom stereocenters. The lowest BCUT2D eigenvalue weighted by molar-refractivity contribution is -0.187. The molecule has 1 amide bonds. The van der Waals surface area contributed by atoms with E-state index in [1.165, 1.54) is 6.07 Å². The average Bonchev–Trinajstić information content (AvgIpc) is 2.58. The van der Waals surface area contributed by atoms with Gasteiger partial charge in [-0.05, 0) is 17.7 Å². The van der Waals surface area contributed by atoms with Gasteiger partial charge in [-0.15, -0.1) is 0 Å². The number of anilines is 1. The minimum absolute atomic E-state index is 0.273. The van der Waals surface area contributed by atoms with Crippen molar-refractivity contribution >= 4 is 11.6 Å². The Bertz CT molecular complexity index is 640.